The molecule has 0 radical (unpaired) electrons. The van der Waals surface area contributed by atoms with Crippen molar-refractivity contribution in [1.82, 2.24) is 4.98 Å². The molecule has 1 N–H and O–H groups in total. The smallest absolute Gasteiger partial charge is 0.391 e. The van der Waals surface area contributed by atoms with Gasteiger partial charge >= 0.3 is 6.18 Å². The molecule has 0 saturated carbocycles. The molecule has 0 aliphatic heterocycles. The number of nitrogens with zero attached hydrogens (tertiary/aromatic N) is 1. The van der Waals surface area contributed by atoms with Crippen LogP contribution < -0.4 is 0 Å². The number of aliphatic hydroxyl groups excluding tert-OH is 1. The normalized spacial score (nSPS) is 13.3. The maximum absolute atomic E-state index is 12.4. The van der Waals surface area contributed by atoms with E-state index in [2.05, 4.69) is 4.98 Å². The fourth-order valence-electron chi connectivity index (χ4n) is 1.17. The van der Waals surface area contributed by atoms with Gasteiger partial charge in [-0.15, -0.1) is 11.3 Å². The van der Waals surface area contributed by atoms with Gasteiger partial charge in [-0.2, -0.15) is 13.2 Å². The molecule has 0 aliphatic rings. The van der Waals surface area contributed by atoms with Gasteiger partial charge in [0.1, 0.15) is 0 Å². The molecule has 0 atom stereocenters. The molecule has 0 aliphatic carbocycles. The summed E-state index contributed by atoms with van der Waals surface area (Å²) < 4.78 is 37.1. The molecule has 1 aromatic heterocycles. The molecular weight excluding hydrogens is 227 g/mol. The summed E-state index contributed by atoms with van der Waals surface area (Å²) >= 11 is 0.507. The predicted molar refractivity (Wildman–Crippen MR) is 51.7 cm³/mol. The first-order chi connectivity index (χ1) is 6.66. The second-order valence-electron chi connectivity index (χ2n) is 4.20. The van der Waals surface area contributed by atoms with Gasteiger partial charge in [0.05, 0.1) is 17.2 Å². The summed E-state index contributed by atoms with van der Waals surface area (Å²) in [6.07, 6.45) is -4.43. The fraction of sp³-hybridized carbons (Fsp3) is 0.667. The van der Waals surface area contributed by atoms with Crippen LogP contribution in [0.1, 0.15) is 36.3 Å². The number of rotatable bonds is 1. The first kappa shape index (κ1) is 12.4. The molecule has 15 heavy (non-hydrogen) atoms. The van der Waals surface area contributed by atoms with E-state index in [-0.39, 0.29) is 4.88 Å². The Bertz CT molecular complexity index is 351. The van der Waals surface area contributed by atoms with Crippen LogP contribution in [0.25, 0.3) is 0 Å². The average molecular weight is 239 g/mol. The molecule has 6 heteroatoms. The van der Waals surface area contributed by atoms with Crippen molar-refractivity contribution in [3.63, 3.8) is 0 Å². The van der Waals surface area contributed by atoms with Gasteiger partial charge in [-0.05, 0) is 0 Å². The lowest BCUT2D eigenvalue weighted by Crippen LogP contribution is -2.15. The van der Waals surface area contributed by atoms with Gasteiger partial charge in [-0.3, -0.25) is 0 Å². The van der Waals surface area contributed by atoms with Gasteiger partial charge in [-0.25, -0.2) is 4.98 Å². The van der Waals surface area contributed by atoms with Crippen molar-refractivity contribution in [3.05, 3.63) is 15.6 Å². The van der Waals surface area contributed by atoms with E-state index in [0.717, 1.165) is 0 Å². The monoisotopic (exact) mass is 239 g/mol. The van der Waals surface area contributed by atoms with Crippen LogP contribution in [0.3, 0.4) is 0 Å². The van der Waals surface area contributed by atoms with Crippen molar-refractivity contribution < 1.29 is 18.3 Å². The highest BCUT2D eigenvalue weighted by molar-refractivity contribution is 7.11. The number of thiazole rings is 1. The van der Waals surface area contributed by atoms with E-state index in [1.165, 1.54) is 0 Å². The highest BCUT2D eigenvalue weighted by Crippen LogP contribution is 2.37. The number of hydrogen-bond donors (Lipinski definition) is 1. The van der Waals surface area contributed by atoms with Gasteiger partial charge in [0.2, 0.25) is 0 Å². The third-order valence-electron chi connectivity index (χ3n) is 1.79. The van der Waals surface area contributed by atoms with Crippen LogP contribution in [0.5, 0.6) is 0 Å². The zero-order valence-electron chi connectivity index (χ0n) is 8.64. The largest absolute Gasteiger partial charge is 0.443 e. The Morgan fingerprint density at radius 2 is 1.80 bits per heavy atom. The lowest BCUT2D eigenvalue weighted by Gasteiger charge is -2.16. The maximum atomic E-state index is 12.4. The Hall–Kier alpha value is -0.620. The minimum Gasteiger partial charge on any atom is -0.391 e. The number of aromatic nitrogens is 1. The molecule has 1 heterocycles. The molecular formula is C9H12F3NOS. The molecule has 1 aromatic rings. The van der Waals surface area contributed by atoms with Crippen LogP contribution in [0.15, 0.2) is 0 Å². The molecule has 0 aromatic carbocycles. The van der Waals surface area contributed by atoms with Crippen molar-refractivity contribution in [2.75, 3.05) is 0 Å². The van der Waals surface area contributed by atoms with Crippen molar-refractivity contribution in [2.24, 2.45) is 0 Å². The van der Waals surface area contributed by atoms with E-state index in [0.29, 0.717) is 17.0 Å². The summed E-state index contributed by atoms with van der Waals surface area (Å²) in [5.74, 6) is 0. The predicted octanol–water partition coefficient (Wildman–Crippen LogP) is 2.95. The van der Waals surface area contributed by atoms with Crippen molar-refractivity contribution in [1.29, 1.82) is 0 Å². The van der Waals surface area contributed by atoms with Gasteiger partial charge in [-0.1, -0.05) is 20.8 Å². The maximum Gasteiger partial charge on any atom is 0.443 e. The first-order valence-electron chi connectivity index (χ1n) is 4.34. The van der Waals surface area contributed by atoms with E-state index < -0.39 is 23.2 Å². The number of hydrogen-bond acceptors (Lipinski definition) is 3. The molecule has 0 fully saturated rings. The quantitative estimate of drug-likeness (QED) is 0.817. The zero-order valence-corrected chi connectivity index (χ0v) is 9.46. The minimum atomic E-state index is -4.43. The average Bonchev–Trinajstić information content (AvgIpc) is 2.44. The van der Waals surface area contributed by atoms with E-state index in [1.807, 2.05) is 0 Å². The number of aliphatic hydroxyl groups is 1. The van der Waals surface area contributed by atoms with Crippen molar-refractivity contribution in [3.8, 4) is 0 Å². The molecule has 0 amide bonds. The van der Waals surface area contributed by atoms with Gasteiger partial charge < -0.3 is 5.11 Å². The van der Waals surface area contributed by atoms with Gasteiger partial charge in [0.15, 0.2) is 5.01 Å². The molecule has 0 unspecified atom stereocenters. The topological polar surface area (TPSA) is 33.1 Å². The third-order valence-corrected chi connectivity index (χ3v) is 2.88. The Morgan fingerprint density at radius 3 is 2.07 bits per heavy atom. The summed E-state index contributed by atoms with van der Waals surface area (Å²) in [5, 5.41) is 8.07. The minimum absolute atomic E-state index is 0.287. The zero-order chi connectivity index (χ0) is 11.9. The lowest BCUT2D eigenvalue weighted by atomic mass is 9.91. The SMILES string of the molecule is CC(C)(C)c1nc(C(F)(F)F)sc1CO. The van der Waals surface area contributed by atoms with Crippen LogP contribution in [-0.2, 0) is 18.2 Å². The van der Waals surface area contributed by atoms with Crippen molar-refractivity contribution >= 4 is 11.3 Å². The Balaban J connectivity index is 3.24. The van der Waals surface area contributed by atoms with E-state index in [1.54, 1.807) is 20.8 Å². The Morgan fingerprint density at radius 1 is 1.27 bits per heavy atom. The van der Waals surface area contributed by atoms with Gasteiger partial charge in [0.25, 0.3) is 0 Å². The molecule has 2 nitrogen and oxygen atoms in total. The highest BCUT2D eigenvalue weighted by atomic mass is 32.1. The van der Waals surface area contributed by atoms with E-state index >= 15 is 0 Å². The van der Waals surface area contributed by atoms with Crippen molar-refractivity contribution in [2.45, 2.75) is 39.0 Å². The Kier molecular flexibility index (Phi) is 3.11. The second kappa shape index (κ2) is 3.75. The number of alkyl halides is 3. The van der Waals surface area contributed by atoms with Crippen LogP contribution >= 0.6 is 11.3 Å². The molecule has 86 valence electrons. The third kappa shape index (κ3) is 2.69. The van der Waals surface area contributed by atoms with E-state index in [4.69, 9.17) is 5.11 Å². The standard InChI is InChI=1S/C9H12F3NOS/c1-8(2,3)6-5(4-14)15-7(13-6)9(10,11)12/h14H,4H2,1-3H3. The molecule has 0 spiro atoms. The van der Waals surface area contributed by atoms with Crippen LogP contribution in [0.2, 0.25) is 0 Å². The molecule has 1 rings (SSSR count). The van der Waals surface area contributed by atoms with Crippen LogP contribution in [0.4, 0.5) is 13.2 Å². The highest BCUT2D eigenvalue weighted by Gasteiger charge is 2.37. The Labute approximate surface area is 89.8 Å². The molecule has 0 bridgehead atoms. The second-order valence-corrected chi connectivity index (χ2v) is 5.28. The summed E-state index contributed by atoms with van der Waals surface area (Å²) in [6, 6.07) is 0. The molecule has 0 saturated heterocycles. The summed E-state index contributed by atoms with van der Waals surface area (Å²) in [7, 11) is 0. The summed E-state index contributed by atoms with van der Waals surface area (Å²) in [4.78, 5) is 3.84. The van der Waals surface area contributed by atoms with Gasteiger partial charge in [0, 0.05) is 5.41 Å². The summed E-state index contributed by atoms with van der Waals surface area (Å²) in [6.45, 7) is 4.89. The fourth-order valence-corrected chi connectivity index (χ4v) is 2.17. The first-order valence-corrected chi connectivity index (χ1v) is 5.16. The van der Waals surface area contributed by atoms with Crippen LogP contribution in [-0.4, -0.2) is 10.1 Å². The number of halogens is 3. The van der Waals surface area contributed by atoms with E-state index in [9.17, 15) is 13.2 Å². The summed E-state index contributed by atoms with van der Waals surface area (Å²) in [5.41, 5.74) is -0.166. The van der Waals surface area contributed by atoms with Crippen LogP contribution in [0, 0.1) is 0 Å². The lowest BCUT2D eigenvalue weighted by molar-refractivity contribution is -0.137.